The molecule has 2 aliphatic rings. The van der Waals surface area contributed by atoms with Crippen molar-refractivity contribution in [2.75, 3.05) is 32.7 Å². The van der Waals surface area contributed by atoms with Crippen LogP contribution in [0.25, 0.3) is 5.69 Å². The Hall–Kier alpha value is -2.28. The normalized spacial score (nSPS) is 18.6. The molecule has 1 aliphatic carbocycles. The first-order chi connectivity index (χ1) is 12.2. The molecule has 1 aromatic carbocycles. The van der Waals surface area contributed by atoms with E-state index in [0.717, 1.165) is 38.2 Å². The molecule has 25 heavy (non-hydrogen) atoms. The van der Waals surface area contributed by atoms with Gasteiger partial charge in [-0.15, -0.1) is 5.10 Å². The van der Waals surface area contributed by atoms with Gasteiger partial charge in [0, 0.05) is 32.1 Å². The summed E-state index contributed by atoms with van der Waals surface area (Å²) in [6, 6.07) is 6.26. The summed E-state index contributed by atoms with van der Waals surface area (Å²) in [5.41, 5.74) is 1.87. The van der Waals surface area contributed by atoms with Gasteiger partial charge in [-0.2, -0.15) is 0 Å². The number of carbonyl (C=O) groups is 1. The molecule has 132 valence electrons. The molecule has 1 saturated heterocycles. The van der Waals surface area contributed by atoms with Crippen molar-refractivity contribution < 1.29 is 9.18 Å². The number of piperazine rings is 1. The zero-order chi connectivity index (χ0) is 17.4. The van der Waals surface area contributed by atoms with Gasteiger partial charge in [-0.25, -0.2) is 9.07 Å². The molecule has 6 nitrogen and oxygen atoms in total. The molecule has 1 saturated carbocycles. The van der Waals surface area contributed by atoms with Crippen LogP contribution in [0.2, 0.25) is 0 Å². The summed E-state index contributed by atoms with van der Waals surface area (Å²) >= 11 is 0. The van der Waals surface area contributed by atoms with E-state index < -0.39 is 0 Å². The largest absolute Gasteiger partial charge is 0.335 e. The van der Waals surface area contributed by atoms with Crippen molar-refractivity contribution in [1.82, 2.24) is 24.8 Å². The summed E-state index contributed by atoms with van der Waals surface area (Å²) in [5.74, 6) is -0.0900. The highest BCUT2D eigenvalue weighted by Gasteiger charge is 2.36. The van der Waals surface area contributed by atoms with E-state index >= 15 is 0 Å². The molecule has 2 heterocycles. The number of rotatable bonds is 4. The first-order valence-corrected chi connectivity index (χ1v) is 8.90. The number of aromatic nitrogens is 3. The number of nitrogens with zero attached hydrogens (tertiary/aromatic N) is 5. The molecule has 7 heteroatoms. The maximum absolute atomic E-state index is 13.6. The minimum absolute atomic E-state index is 0.0553. The van der Waals surface area contributed by atoms with Crippen LogP contribution in [0, 0.1) is 5.82 Å². The minimum atomic E-state index is -0.321. The third kappa shape index (κ3) is 3.16. The van der Waals surface area contributed by atoms with Gasteiger partial charge in [-0.05, 0) is 37.6 Å². The Labute approximate surface area is 146 Å². The van der Waals surface area contributed by atoms with Crippen molar-refractivity contribution in [1.29, 1.82) is 0 Å². The Kier molecular flexibility index (Phi) is 4.25. The Morgan fingerprint density at radius 2 is 2.00 bits per heavy atom. The predicted molar refractivity (Wildman–Crippen MR) is 91.3 cm³/mol. The Balaban J connectivity index is 1.63. The number of hydrogen-bond donors (Lipinski definition) is 0. The molecule has 0 unspecified atom stereocenters. The van der Waals surface area contributed by atoms with Crippen LogP contribution >= 0.6 is 0 Å². The van der Waals surface area contributed by atoms with E-state index in [1.165, 1.54) is 12.1 Å². The smallest absolute Gasteiger partial charge is 0.276 e. The van der Waals surface area contributed by atoms with E-state index in [-0.39, 0.29) is 17.6 Å². The first kappa shape index (κ1) is 16.2. The first-order valence-electron chi connectivity index (χ1n) is 8.90. The van der Waals surface area contributed by atoms with Crippen LogP contribution in [0.3, 0.4) is 0 Å². The van der Waals surface area contributed by atoms with Crippen molar-refractivity contribution >= 4 is 5.91 Å². The molecule has 0 atom stereocenters. The lowest BCUT2D eigenvalue weighted by atomic mass is 10.1. The maximum atomic E-state index is 13.6. The van der Waals surface area contributed by atoms with E-state index in [9.17, 15) is 9.18 Å². The van der Waals surface area contributed by atoms with E-state index in [2.05, 4.69) is 22.1 Å². The van der Waals surface area contributed by atoms with Crippen LogP contribution in [0.1, 0.15) is 41.9 Å². The number of amides is 1. The zero-order valence-electron chi connectivity index (χ0n) is 14.4. The van der Waals surface area contributed by atoms with Crippen LogP contribution in [0.4, 0.5) is 4.39 Å². The quantitative estimate of drug-likeness (QED) is 0.853. The Morgan fingerprint density at radius 1 is 1.24 bits per heavy atom. The topological polar surface area (TPSA) is 54.3 Å². The molecule has 0 radical (unpaired) electrons. The summed E-state index contributed by atoms with van der Waals surface area (Å²) in [5, 5.41) is 8.36. The van der Waals surface area contributed by atoms with Crippen molar-refractivity contribution in [3.05, 3.63) is 41.5 Å². The second-order valence-electron chi connectivity index (χ2n) is 6.72. The van der Waals surface area contributed by atoms with Gasteiger partial charge in [0.15, 0.2) is 5.69 Å². The molecule has 1 aromatic heterocycles. The summed E-state index contributed by atoms with van der Waals surface area (Å²) in [7, 11) is 0. The van der Waals surface area contributed by atoms with Gasteiger partial charge < -0.3 is 9.80 Å². The van der Waals surface area contributed by atoms with Crippen LogP contribution in [0.5, 0.6) is 0 Å². The molecule has 4 rings (SSSR count). The number of carbonyl (C=O) groups excluding carboxylic acids is 1. The second-order valence-corrected chi connectivity index (χ2v) is 6.72. The highest BCUT2D eigenvalue weighted by atomic mass is 19.1. The lowest BCUT2D eigenvalue weighted by molar-refractivity contribution is 0.0636. The van der Waals surface area contributed by atoms with Crippen molar-refractivity contribution in [3.8, 4) is 5.69 Å². The minimum Gasteiger partial charge on any atom is -0.335 e. The molecular formula is C18H22FN5O. The summed E-state index contributed by atoms with van der Waals surface area (Å²) in [6.45, 7) is 6.34. The molecular weight excluding hydrogens is 321 g/mol. The van der Waals surface area contributed by atoms with Gasteiger partial charge >= 0.3 is 0 Å². The van der Waals surface area contributed by atoms with E-state index in [4.69, 9.17) is 0 Å². The molecule has 2 aromatic rings. The average molecular weight is 343 g/mol. The monoisotopic (exact) mass is 343 g/mol. The maximum Gasteiger partial charge on any atom is 0.276 e. The van der Waals surface area contributed by atoms with Gasteiger partial charge in [0.25, 0.3) is 5.91 Å². The summed E-state index contributed by atoms with van der Waals surface area (Å²) in [6.07, 6.45) is 2.04. The molecule has 0 bridgehead atoms. The van der Waals surface area contributed by atoms with E-state index in [1.54, 1.807) is 16.8 Å². The van der Waals surface area contributed by atoms with Gasteiger partial charge in [-0.3, -0.25) is 4.79 Å². The number of benzene rings is 1. The molecule has 0 N–H and O–H groups in total. The fraction of sp³-hybridized carbons (Fsp3) is 0.500. The van der Waals surface area contributed by atoms with E-state index in [0.29, 0.717) is 24.5 Å². The number of hydrogen-bond acceptors (Lipinski definition) is 4. The van der Waals surface area contributed by atoms with Crippen molar-refractivity contribution in [2.24, 2.45) is 0 Å². The van der Waals surface area contributed by atoms with Gasteiger partial charge in [0.2, 0.25) is 0 Å². The predicted octanol–water partition coefficient (Wildman–Crippen LogP) is 2.06. The standard InChI is InChI=1S/C18H22FN5O/c1-2-22-8-10-23(11-9-22)18(25)16-17(13-6-7-13)24(21-20-16)15-5-3-4-14(19)12-15/h3-5,12-13H,2,6-11H2,1H3. The second kappa shape index (κ2) is 6.55. The third-order valence-electron chi connectivity index (χ3n) is 5.03. The summed E-state index contributed by atoms with van der Waals surface area (Å²) in [4.78, 5) is 17.2. The number of halogens is 1. The van der Waals surface area contributed by atoms with Gasteiger partial charge in [0.1, 0.15) is 5.82 Å². The van der Waals surface area contributed by atoms with Crippen LogP contribution in [-0.4, -0.2) is 63.4 Å². The molecule has 1 amide bonds. The molecule has 1 aliphatic heterocycles. The summed E-state index contributed by atoms with van der Waals surface area (Å²) < 4.78 is 15.2. The zero-order valence-corrected chi connectivity index (χ0v) is 14.4. The molecule has 0 spiro atoms. The lowest BCUT2D eigenvalue weighted by Gasteiger charge is -2.33. The lowest BCUT2D eigenvalue weighted by Crippen LogP contribution is -2.48. The highest BCUT2D eigenvalue weighted by molar-refractivity contribution is 5.93. The molecule has 2 fully saturated rings. The van der Waals surface area contributed by atoms with Gasteiger partial charge in [0.05, 0.1) is 11.4 Å². The van der Waals surface area contributed by atoms with Crippen molar-refractivity contribution in [3.63, 3.8) is 0 Å². The SMILES string of the molecule is CCN1CCN(C(=O)c2nnn(-c3cccc(F)c3)c2C2CC2)CC1. The third-order valence-corrected chi connectivity index (χ3v) is 5.03. The van der Waals surface area contributed by atoms with E-state index in [1.807, 2.05) is 4.90 Å². The van der Waals surface area contributed by atoms with Crippen LogP contribution < -0.4 is 0 Å². The fourth-order valence-corrected chi connectivity index (χ4v) is 3.38. The Morgan fingerprint density at radius 3 is 2.64 bits per heavy atom. The number of likely N-dealkylation sites (N-methyl/N-ethyl adjacent to an activating group) is 1. The Bertz CT molecular complexity index is 778. The highest BCUT2D eigenvalue weighted by Crippen LogP contribution is 2.42. The van der Waals surface area contributed by atoms with Crippen molar-refractivity contribution in [2.45, 2.75) is 25.7 Å². The van der Waals surface area contributed by atoms with Gasteiger partial charge in [-0.1, -0.05) is 18.2 Å². The van der Waals surface area contributed by atoms with Crippen LogP contribution in [0.15, 0.2) is 24.3 Å². The average Bonchev–Trinajstić information content (AvgIpc) is 3.39. The fourth-order valence-electron chi connectivity index (χ4n) is 3.38. The van der Waals surface area contributed by atoms with Crippen LogP contribution in [-0.2, 0) is 0 Å².